The van der Waals surface area contributed by atoms with Gasteiger partial charge in [-0.05, 0) is 67.5 Å². The van der Waals surface area contributed by atoms with Gasteiger partial charge in [0.2, 0.25) is 10.0 Å². The normalized spacial score (nSPS) is 16.5. The van der Waals surface area contributed by atoms with Crippen LogP contribution in [0.3, 0.4) is 0 Å². The van der Waals surface area contributed by atoms with Crippen LogP contribution in [0, 0.1) is 12.8 Å². The van der Waals surface area contributed by atoms with E-state index < -0.39 is 10.0 Å². The Hall–Kier alpha value is -2.68. The maximum atomic E-state index is 13.1. The summed E-state index contributed by atoms with van der Waals surface area (Å²) in [5.41, 5.74) is 1.59. The van der Waals surface area contributed by atoms with E-state index in [-0.39, 0.29) is 16.7 Å². The van der Waals surface area contributed by atoms with Crippen molar-refractivity contribution in [2.24, 2.45) is 5.92 Å². The van der Waals surface area contributed by atoms with E-state index in [0.29, 0.717) is 37.6 Å². The van der Waals surface area contributed by atoms with Crippen molar-refractivity contribution in [2.75, 3.05) is 19.6 Å². The van der Waals surface area contributed by atoms with Crippen LogP contribution in [0.15, 0.2) is 70.9 Å². The summed E-state index contributed by atoms with van der Waals surface area (Å²) in [5.74, 6) is 0.678. The second-order valence-corrected chi connectivity index (χ2v) is 11.1. The van der Waals surface area contributed by atoms with Crippen LogP contribution in [0.4, 0.5) is 0 Å². The molecule has 1 fully saturated rings. The third-order valence-corrected chi connectivity index (χ3v) is 8.03. The van der Waals surface area contributed by atoms with Crippen molar-refractivity contribution in [3.8, 4) is 5.75 Å². The van der Waals surface area contributed by atoms with Gasteiger partial charge in [0.05, 0.1) is 4.90 Å². The molecule has 1 aliphatic rings. The number of aryl methyl sites for hydroxylation is 1. The lowest BCUT2D eigenvalue weighted by atomic mass is 9.97. The molecule has 1 amide bonds. The minimum Gasteiger partial charge on any atom is -0.488 e. The maximum absolute atomic E-state index is 13.1. The highest BCUT2D eigenvalue weighted by Gasteiger charge is 2.26. The topological polar surface area (TPSA) is 75.7 Å². The van der Waals surface area contributed by atoms with Gasteiger partial charge in [-0.2, -0.15) is 0 Å². The molecule has 0 spiro atoms. The zero-order valence-electron chi connectivity index (χ0n) is 18.6. The van der Waals surface area contributed by atoms with Crippen LogP contribution < -0.4 is 9.46 Å². The molecule has 33 heavy (non-hydrogen) atoms. The molecule has 1 aromatic heterocycles. The van der Waals surface area contributed by atoms with Crippen molar-refractivity contribution in [1.82, 2.24) is 9.62 Å². The van der Waals surface area contributed by atoms with Gasteiger partial charge in [-0.15, -0.1) is 11.3 Å². The van der Waals surface area contributed by atoms with Gasteiger partial charge in [0.1, 0.15) is 12.4 Å². The van der Waals surface area contributed by atoms with Gasteiger partial charge in [-0.3, -0.25) is 4.79 Å². The summed E-state index contributed by atoms with van der Waals surface area (Å²) in [4.78, 5) is 16.3. The number of hydrogen-bond donors (Lipinski definition) is 1. The van der Waals surface area contributed by atoms with E-state index in [1.165, 1.54) is 0 Å². The number of thiophene rings is 1. The number of nitrogens with one attached hydrogen (secondary N) is 1. The number of rotatable bonds is 8. The van der Waals surface area contributed by atoms with Gasteiger partial charge in [0.15, 0.2) is 0 Å². The number of carbonyl (C=O) groups excluding carboxylic acids is 1. The van der Waals surface area contributed by atoms with Crippen LogP contribution in [-0.4, -0.2) is 38.9 Å². The highest BCUT2D eigenvalue weighted by atomic mass is 32.2. The third-order valence-electron chi connectivity index (χ3n) is 5.74. The van der Waals surface area contributed by atoms with Crippen molar-refractivity contribution >= 4 is 27.3 Å². The average molecular weight is 485 g/mol. The van der Waals surface area contributed by atoms with E-state index in [4.69, 9.17) is 4.74 Å². The van der Waals surface area contributed by atoms with Crippen molar-refractivity contribution in [3.63, 3.8) is 0 Å². The first-order valence-corrected chi connectivity index (χ1v) is 13.4. The first kappa shape index (κ1) is 23.5. The predicted octanol–water partition coefficient (Wildman–Crippen LogP) is 4.47. The quantitative estimate of drug-likeness (QED) is 0.512. The van der Waals surface area contributed by atoms with Crippen molar-refractivity contribution in [2.45, 2.75) is 31.3 Å². The molecular formula is C25H28N2O4S2. The maximum Gasteiger partial charge on any atom is 0.253 e. The van der Waals surface area contributed by atoms with Crippen LogP contribution in [0.1, 0.15) is 33.6 Å². The summed E-state index contributed by atoms with van der Waals surface area (Å²) >= 11 is 1.63. The Kier molecular flexibility index (Phi) is 7.47. The molecule has 0 aliphatic carbocycles. The van der Waals surface area contributed by atoms with E-state index in [0.717, 1.165) is 23.3 Å². The highest BCUT2D eigenvalue weighted by molar-refractivity contribution is 7.89. The molecule has 2 heterocycles. The number of benzene rings is 2. The summed E-state index contributed by atoms with van der Waals surface area (Å²) in [6.07, 6.45) is 1.72. The number of likely N-dealkylation sites (tertiary alicyclic amines) is 1. The van der Waals surface area contributed by atoms with E-state index >= 15 is 0 Å². The first-order chi connectivity index (χ1) is 15.9. The zero-order chi connectivity index (χ0) is 23.3. The molecule has 174 valence electrons. The Bertz CT molecular complexity index is 1180. The fraction of sp³-hybridized carbons (Fsp3) is 0.320. The SMILES string of the molecule is Cc1ccc(S(=O)(=O)NC[C@@H]2CCCN(C(=O)c3cccc(OCc4cccs4)c3)C2)cc1. The fourth-order valence-corrected chi connectivity index (χ4v) is 5.63. The molecule has 0 unspecified atom stereocenters. The van der Waals surface area contributed by atoms with Gasteiger partial charge in [-0.25, -0.2) is 13.1 Å². The number of carbonyl (C=O) groups is 1. The van der Waals surface area contributed by atoms with E-state index in [1.807, 2.05) is 41.5 Å². The number of amides is 1. The summed E-state index contributed by atoms with van der Waals surface area (Å²) in [7, 11) is -3.57. The second kappa shape index (κ2) is 10.5. The molecule has 0 saturated carbocycles. The minimum absolute atomic E-state index is 0.0531. The van der Waals surface area contributed by atoms with Crippen LogP contribution in [0.25, 0.3) is 0 Å². The highest BCUT2D eigenvalue weighted by Crippen LogP contribution is 2.22. The molecule has 1 atom stereocenters. The van der Waals surface area contributed by atoms with E-state index in [9.17, 15) is 13.2 Å². The fourth-order valence-electron chi connectivity index (χ4n) is 3.90. The number of ether oxygens (including phenoxy) is 1. The molecule has 4 rings (SSSR count). The van der Waals surface area contributed by atoms with Gasteiger partial charge < -0.3 is 9.64 Å². The first-order valence-electron chi connectivity index (χ1n) is 11.0. The largest absolute Gasteiger partial charge is 0.488 e. The minimum atomic E-state index is -3.57. The lowest BCUT2D eigenvalue weighted by molar-refractivity contribution is 0.0676. The molecule has 1 N–H and O–H groups in total. The smallest absolute Gasteiger partial charge is 0.253 e. The third kappa shape index (κ3) is 6.22. The Morgan fingerprint density at radius 2 is 1.97 bits per heavy atom. The van der Waals surface area contributed by atoms with Crippen molar-refractivity contribution < 1.29 is 17.9 Å². The summed E-state index contributed by atoms with van der Waals surface area (Å²) in [6, 6.07) is 18.0. The number of sulfonamides is 1. The number of hydrogen-bond acceptors (Lipinski definition) is 5. The van der Waals surface area contributed by atoms with Gasteiger partial charge >= 0.3 is 0 Å². The standard InChI is InChI=1S/C25H28N2O4S2/c1-19-9-11-24(12-10-19)33(29,30)26-16-20-5-3-13-27(17-20)25(28)21-6-2-7-22(15-21)31-18-23-8-4-14-32-23/h2,4,6-12,14-15,20,26H,3,5,13,16-18H2,1H3/t20-/m0/s1. The van der Waals surface area contributed by atoms with Gasteiger partial charge in [-0.1, -0.05) is 29.8 Å². The zero-order valence-corrected chi connectivity index (χ0v) is 20.2. The van der Waals surface area contributed by atoms with Gasteiger partial charge in [0, 0.05) is 30.1 Å². The number of piperidine rings is 1. The van der Waals surface area contributed by atoms with Crippen LogP contribution in [0.5, 0.6) is 5.75 Å². The molecule has 1 saturated heterocycles. The lowest BCUT2D eigenvalue weighted by Crippen LogP contribution is -2.43. The Morgan fingerprint density at radius 1 is 1.15 bits per heavy atom. The summed E-state index contributed by atoms with van der Waals surface area (Å²) < 4.78 is 33.8. The molecule has 3 aromatic rings. The Balaban J connectivity index is 1.34. The molecule has 0 bridgehead atoms. The molecule has 8 heteroatoms. The monoisotopic (exact) mass is 484 g/mol. The summed E-state index contributed by atoms with van der Waals surface area (Å²) in [5, 5.41) is 2.01. The van der Waals surface area contributed by atoms with E-state index in [1.54, 1.807) is 47.7 Å². The van der Waals surface area contributed by atoms with Gasteiger partial charge in [0.25, 0.3) is 5.91 Å². The molecular weight excluding hydrogens is 456 g/mol. The summed E-state index contributed by atoms with van der Waals surface area (Å²) in [6.45, 7) is 3.89. The molecule has 1 aliphatic heterocycles. The number of nitrogens with zero attached hydrogens (tertiary/aromatic N) is 1. The van der Waals surface area contributed by atoms with Crippen molar-refractivity contribution in [1.29, 1.82) is 0 Å². The Morgan fingerprint density at radius 3 is 2.73 bits per heavy atom. The van der Waals surface area contributed by atoms with Crippen LogP contribution in [-0.2, 0) is 16.6 Å². The van der Waals surface area contributed by atoms with Crippen LogP contribution in [0.2, 0.25) is 0 Å². The molecule has 6 nitrogen and oxygen atoms in total. The lowest BCUT2D eigenvalue weighted by Gasteiger charge is -2.33. The Labute approximate surface area is 199 Å². The molecule has 2 aromatic carbocycles. The van der Waals surface area contributed by atoms with Crippen molar-refractivity contribution in [3.05, 3.63) is 82.0 Å². The van der Waals surface area contributed by atoms with E-state index in [2.05, 4.69) is 4.72 Å². The van der Waals surface area contributed by atoms with Crippen LogP contribution >= 0.6 is 11.3 Å². The second-order valence-electron chi connectivity index (χ2n) is 8.32. The predicted molar refractivity (Wildman–Crippen MR) is 130 cm³/mol. The molecule has 0 radical (unpaired) electrons. The average Bonchev–Trinajstić information content (AvgIpc) is 3.35.